The fraction of sp³-hybridized carbons (Fsp3) is 0.111. The van der Waals surface area contributed by atoms with Crippen LogP contribution in [0, 0.1) is 0 Å². The third kappa shape index (κ3) is 5.62. The SMILES string of the molecule is C(=Cc1ccccc1)CSCC=Cc1ccccc1. The molecule has 2 aromatic rings. The summed E-state index contributed by atoms with van der Waals surface area (Å²) in [5.74, 6) is 2.10. The Kier molecular flexibility index (Phi) is 6.04. The summed E-state index contributed by atoms with van der Waals surface area (Å²) >= 11 is 1.92. The molecule has 0 bridgehead atoms. The highest BCUT2D eigenvalue weighted by atomic mass is 32.2. The first kappa shape index (κ1) is 13.7. The van der Waals surface area contributed by atoms with E-state index in [1.54, 1.807) is 0 Å². The van der Waals surface area contributed by atoms with Gasteiger partial charge in [-0.1, -0.05) is 85.0 Å². The van der Waals surface area contributed by atoms with Crippen molar-refractivity contribution in [3.05, 3.63) is 83.9 Å². The Bertz CT molecular complexity index is 462. The Balaban J connectivity index is 1.65. The molecule has 0 radical (unpaired) electrons. The summed E-state index contributed by atoms with van der Waals surface area (Å²) in [7, 11) is 0. The van der Waals surface area contributed by atoms with Gasteiger partial charge < -0.3 is 0 Å². The van der Waals surface area contributed by atoms with Crippen LogP contribution in [0.25, 0.3) is 12.2 Å². The van der Waals surface area contributed by atoms with Crippen LogP contribution in [0.3, 0.4) is 0 Å². The molecule has 0 aromatic heterocycles. The van der Waals surface area contributed by atoms with Crippen LogP contribution in [0.5, 0.6) is 0 Å². The summed E-state index contributed by atoms with van der Waals surface area (Å²) in [6.07, 6.45) is 8.79. The highest BCUT2D eigenvalue weighted by Gasteiger charge is 1.85. The second-order valence-corrected chi connectivity index (χ2v) is 5.24. The molecule has 0 spiro atoms. The maximum Gasteiger partial charge on any atom is 0.0119 e. The van der Waals surface area contributed by atoms with Gasteiger partial charge >= 0.3 is 0 Å². The summed E-state index contributed by atoms with van der Waals surface area (Å²) in [6, 6.07) is 20.8. The number of hydrogen-bond acceptors (Lipinski definition) is 1. The summed E-state index contributed by atoms with van der Waals surface area (Å²) in [6.45, 7) is 0. The van der Waals surface area contributed by atoms with E-state index in [1.165, 1.54) is 11.1 Å². The average Bonchev–Trinajstić information content (AvgIpc) is 2.48. The van der Waals surface area contributed by atoms with Gasteiger partial charge in [-0.3, -0.25) is 0 Å². The Morgan fingerprint density at radius 3 is 1.47 bits per heavy atom. The number of rotatable bonds is 6. The van der Waals surface area contributed by atoms with E-state index in [4.69, 9.17) is 0 Å². The molecule has 1 heteroatoms. The molecule has 0 aliphatic heterocycles. The molecular formula is C18H18S. The predicted octanol–water partition coefficient (Wildman–Crippen LogP) is 5.15. The monoisotopic (exact) mass is 266 g/mol. The van der Waals surface area contributed by atoms with Gasteiger partial charge in [0.2, 0.25) is 0 Å². The molecule has 0 aliphatic rings. The molecular weight excluding hydrogens is 248 g/mol. The molecule has 96 valence electrons. The van der Waals surface area contributed by atoms with Crippen molar-refractivity contribution in [1.82, 2.24) is 0 Å². The second kappa shape index (κ2) is 8.39. The van der Waals surface area contributed by atoms with Crippen LogP contribution < -0.4 is 0 Å². The summed E-state index contributed by atoms with van der Waals surface area (Å²) in [4.78, 5) is 0. The predicted molar refractivity (Wildman–Crippen MR) is 88.3 cm³/mol. The highest BCUT2D eigenvalue weighted by molar-refractivity contribution is 7.99. The standard InChI is InChI=1S/C18H18S/c1-3-9-17(10-4-1)13-7-15-19-16-8-14-18-11-5-2-6-12-18/h1-14H,15-16H2. The van der Waals surface area contributed by atoms with E-state index in [0.29, 0.717) is 0 Å². The van der Waals surface area contributed by atoms with E-state index in [1.807, 2.05) is 23.9 Å². The second-order valence-electron chi connectivity index (χ2n) is 4.16. The number of thioether (sulfide) groups is 1. The van der Waals surface area contributed by atoms with Gasteiger partial charge in [-0.15, -0.1) is 0 Å². The lowest BCUT2D eigenvalue weighted by molar-refractivity contribution is 1.64. The van der Waals surface area contributed by atoms with Gasteiger partial charge in [-0.05, 0) is 11.1 Å². The topological polar surface area (TPSA) is 0 Å². The lowest BCUT2D eigenvalue weighted by Gasteiger charge is -1.94. The van der Waals surface area contributed by atoms with E-state index in [-0.39, 0.29) is 0 Å². The lowest BCUT2D eigenvalue weighted by Crippen LogP contribution is -1.76. The fourth-order valence-electron chi connectivity index (χ4n) is 1.70. The molecule has 0 saturated carbocycles. The van der Waals surface area contributed by atoms with Crippen LogP contribution in [-0.2, 0) is 0 Å². The van der Waals surface area contributed by atoms with Crippen LogP contribution in [-0.4, -0.2) is 11.5 Å². The number of benzene rings is 2. The van der Waals surface area contributed by atoms with E-state index in [0.717, 1.165) is 11.5 Å². The van der Waals surface area contributed by atoms with Crippen LogP contribution in [0.1, 0.15) is 11.1 Å². The van der Waals surface area contributed by atoms with Crippen LogP contribution in [0.2, 0.25) is 0 Å². The highest BCUT2D eigenvalue weighted by Crippen LogP contribution is 2.07. The van der Waals surface area contributed by atoms with Gasteiger partial charge in [0.25, 0.3) is 0 Å². The first-order valence-corrected chi connectivity index (χ1v) is 7.61. The smallest absolute Gasteiger partial charge is 0.0119 e. The van der Waals surface area contributed by atoms with Crippen molar-refractivity contribution in [3.63, 3.8) is 0 Å². The molecule has 0 amide bonds. The minimum atomic E-state index is 1.05. The molecule has 2 rings (SSSR count). The molecule has 2 aromatic carbocycles. The summed E-state index contributed by atoms with van der Waals surface area (Å²) < 4.78 is 0. The van der Waals surface area contributed by atoms with Crippen molar-refractivity contribution >= 4 is 23.9 Å². The van der Waals surface area contributed by atoms with Gasteiger partial charge in [-0.25, -0.2) is 0 Å². The molecule has 0 aliphatic carbocycles. The zero-order valence-electron chi connectivity index (χ0n) is 10.9. The van der Waals surface area contributed by atoms with E-state index in [9.17, 15) is 0 Å². The molecule has 0 nitrogen and oxygen atoms in total. The first-order valence-electron chi connectivity index (χ1n) is 6.46. The Hall–Kier alpha value is -1.73. The van der Waals surface area contributed by atoms with E-state index < -0.39 is 0 Å². The zero-order chi connectivity index (χ0) is 13.2. The zero-order valence-corrected chi connectivity index (χ0v) is 11.7. The quantitative estimate of drug-likeness (QED) is 0.652. The van der Waals surface area contributed by atoms with Gasteiger partial charge in [0.05, 0.1) is 0 Å². The van der Waals surface area contributed by atoms with Gasteiger partial charge in [0, 0.05) is 11.5 Å². The van der Waals surface area contributed by atoms with E-state index >= 15 is 0 Å². The average molecular weight is 266 g/mol. The Morgan fingerprint density at radius 1 is 0.632 bits per heavy atom. The van der Waals surface area contributed by atoms with Crippen LogP contribution in [0.4, 0.5) is 0 Å². The summed E-state index contributed by atoms with van der Waals surface area (Å²) in [5, 5.41) is 0. The van der Waals surface area contributed by atoms with E-state index in [2.05, 4.69) is 72.8 Å². The van der Waals surface area contributed by atoms with Crippen molar-refractivity contribution in [1.29, 1.82) is 0 Å². The van der Waals surface area contributed by atoms with Gasteiger partial charge in [0.15, 0.2) is 0 Å². The normalized spacial score (nSPS) is 11.4. The first-order chi connectivity index (χ1) is 9.45. The maximum absolute atomic E-state index is 2.22. The van der Waals surface area contributed by atoms with Crippen molar-refractivity contribution in [3.8, 4) is 0 Å². The van der Waals surface area contributed by atoms with Crippen LogP contribution in [0.15, 0.2) is 72.8 Å². The minimum absolute atomic E-state index is 1.05. The lowest BCUT2D eigenvalue weighted by atomic mass is 10.2. The van der Waals surface area contributed by atoms with Crippen molar-refractivity contribution in [2.75, 3.05) is 11.5 Å². The Morgan fingerprint density at radius 2 is 1.05 bits per heavy atom. The van der Waals surface area contributed by atoms with Crippen LogP contribution >= 0.6 is 11.8 Å². The molecule has 0 fully saturated rings. The summed E-state index contributed by atoms with van der Waals surface area (Å²) in [5.41, 5.74) is 2.53. The van der Waals surface area contributed by atoms with Gasteiger partial charge in [0.1, 0.15) is 0 Å². The Labute approximate surface area is 119 Å². The maximum atomic E-state index is 2.22. The third-order valence-electron chi connectivity index (χ3n) is 2.65. The number of hydrogen-bond donors (Lipinski definition) is 0. The van der Waals surface area contributed by atoms with Crippen molar-refractivity contribution in [2.24, 2.45) is 0 Å². The fourth-order valence-corrected chi connectivity index (χ4v) is 2.30. The third-order valence-corrected chi connectivity index (χ3v) is 3.50. The largest absolute Gasteiger partial charge is 0.154 e. The molecule has 0 N–H and O–H groups in total. The molecule has 0 unspecified atom stereocenters. The molecule has 0 atom stereocenters. The molecule has 0 saturated heterocycles. The molecule has 19 heavy (non-hydrogen) atoms. The van der Waals surface area contributed by atoms with Gasteiger partial charge in [-0.2, -0.15) is 11.8 Å². The molecule has 0 heterocycles. The van der Waals surface area contributed by atoms with Crippen molar-refractivity contribution < 1.29 is 0 Å². The minimum Gasteiger partial charge on any atom is -0.154 e. The van der Waals surface area contributed by atoms with Crippen molar-refractivity contribution in [2.45, 2.75) is 0 Å².